The van der Waals surface area contributed by atoms with Crippen LogP contribution in [0.15, 0.2) is 180 Å². The quantitative estimate of drug-likeness (QED) is 0.173. The summed E-state index contributed by atoms with van der Waals surface area (Å²) in [5.74, 6) is 0.715. The van der Waals surface area contributed by atoms with Crippen molar-refractivity contribution in [2.45, 2.75) is 9.79 Å². The predicted octanol–water partition coefficient (Wildman–Crippen LogP) is 12.8. The molecule has 0 aliphatic carbocycles. The summed E-state index contributed by atoms with van der Waals surface area (Å²) >= 11 is 1.84. The van der Waals surface area contributed by atoms with Gasteiger partial charge in [0.2, 0.25) is 0 Å². The Morgan fingerprint density at radius 1 is 0.453 bits per heavy atom. The fourth-order valence-electron chi connectivity index (χ4n) is 8.51. The molecule has 4 heterocycles. The third-order valence-corrected chi connectivity index (χ3v) is 12.0. The van der Waals surface area contributed by atoms with Crippen LogP contribution >= 0.6 is 11.8 Å². The molecule has 0 saturated carbocycles. The Hall–Kier alpha value is -6.69. The average molecular weight is 693 g/mol. The van der Waals surface area contributed by atoms with Crippen LogP contribution in [-0.4, -0.2) is 19.1 Å². The molecule has 12 rings (SSSR count). The van der Waals surface area contributed by atoms with Gasteiger partial charge in [0.1, 0.15) is 5.65 Å². The molecule has 1 aliphatic heterocycles. The molecule has 8 aromatic carbocycles. The molecular weight excluding hydrogens is 665 g/mol. The lowest BCUT2D eigenvalue weighted by atomic mass is 9.99. The predicted molar refractivity (Wildman–Crippen MR) is 221 cm³/mol. The summed E-state index contributed by atoms with van der Waals surface area (Å²) in [5.41, 5.74) is 9.85. The van der Waals surface area contributed by atoms with Gasteiger partial charge in [0.05, 0.1) is 27.9 Å². The number of nitrogens with zero attached hydrogens (tertiary/aromatic N) is 4. The number of fused-ring (bicyclic) bond motifs is 11. The van der Waals surface area contributed by atoms with Gasteiger partial charge in [0, 0.05) is 53.5 Å². The van der Waals surface area contributed by atoms with E-state index < -0.39 is 0 Å². The molecule has 5 heteroatoms. The van der Waals surface area contributed by atoms with E-state index in [0.717, 1.165) is 44.5 Å². The molecule has 0 radical (unpaired) electrons. The Balaban J connectivity index is 1.16. The highest BCUT2D eigenvalue weighted by molar-refractivity contribution is 7.99. The van der Waals surface area contributed by atoms with Crippen molar-refractivity contribution in [2.75, 3.05) is 0 Å². The van der Waals surface area contributed by atoms with Crippen molar-refractivity contribution >= 4 is 77.0 Å². The number of hydrogen-bond acceptors (Lipinski definition) is 3. The van der Waals surface area contributed by atoms with Crippen molar-refractivity contribution in [3.63, 3.8) is 0 Å². The molecule has 0 N–H and O–H groups in total. The second kappa shape index (κ2) is 10.9. The molecule has 0 saturated heterocycles. The zero-order valence-corrected chi connectivity index (χ0v) is 29.2. The standard InChI is InChI=1S/C48H28N4S/c1-2-14-34(15-3-1)51-39-19-9-8-17-36(39)43-37-18-10-20-42-46(37)52(48(43)51)40-28-33(24-26-41(40)53-42)47-49-44(32-22-21-29-11-4-5-13-31(29)27-32)38-25-23-30-12-6-7-16-35(30)45(38)50-47/h1-28H. The van der Waals surface area contributed by atoms with E-state index in [9.17, 15) is 0 Å². The lowest BCUT2D eigenvalue weighted by Crippen LogP contribution is -2.06. The van der Waals surface area contributed by atoms with Crippen LogP contribution in [0.3, 0.4) is 0 Å². The Labute approximate surface area is 308 Å². The van der Waals surface area contributed by atoms with Crippen molar-refractivity contribution in [1.29, 1.82) is 0 Å². The summed E-state index contributed by atoms with van der Waals surface area (Å²) < 4.78 is 4.92. The van der Waals surface area contributed by atoms with Gasteiger partial charge in [-0.2, -0.15) is 0 Å². The Bertz CT molecular complexity index is 3320. The number of para-hydroxylation sites is 3. The van der Waals surface area contributed by atoms with Crippen molar-refractivity contribution in [1.82, 2.24) is 19.1 Å². The molecule has 1 aliphatic rings. The zero-order chi connectivity index (χ0) is 34.6. The first kappa shape index (κ1) is 28.9. The van der Waals surface area contributed by atoms with E-state index in [1.54, 1.807) is 0 Å². The van der Waals surface area contributed by atoms with Gasteiger partial charge in [0.15, 0.2) is 5.82 Å². The van der Waals surface area contributed by atoms with Crippen molar-refractivity contribution in [2.24, 2.45) is 0 Å². The second-order valence-corrected chi connectivity index (χ2v) is 14.9. The van der Waals surface area contributed by atoms with E-state index in [4.69, 9.17) is 9.97 Å². The third-order valence-electron chi connectivity index (χ3n) is 10.9. The minimum absolute atomic E-state index is 0.715. The van der Waals surface area contributed by atoms with Crippen LogP contribution in [0.4, 0.5) is 0 Å². The van der Waals surface area contributed by atoms with Gasteiger partial charge in [-0.3, -0.25) is 9.13 Å². The SMILES string of the molecule is c1ccc(-n2c3ccccc3c3c4cccc5c4n(c32)-c2cc(-c3nc(-c4ccc6ccccc6c4)c4ccc6ccccc6c4n3)ccc2S5)cc1. The van der Waals surface area contributed by atoms with Crippen LogP contribution in [0, 0.1) is 0 Å². The highest BCUT2D eigenvalue weighted by Gasteiger charge is 2.28. The van der Waals surface area contributed by atoms with Crippen molar-refractivity contribution < 1.29 is 0 Å². The highest BCUT2D eigenvalue weighted by Crippen LogP contribution is 2.50. The minimum Gasteiger partial charge on any atom is -0.295 e. The first-order valence-electron chi connectivity index (χ1n) is 17.9. The smallest absolute Gasteiger partial charge is 0.160 e. The Morgan fingerprint density at radius 3 is 2.09 bits per heavy atom. The van der Waals surface area contributed by atoms with Crippen LogP contribution in [0.25, 0.3) is 99.3 Å². The first-order chi connectivity index (χ1) is 26.3. The summed E-state index contributed by atoms with van der Waals surface area (Å²) in [4.78, 5) is 13.3. The summed E-state index contributed by atoms with van der Waals surface area (Å²) in [6.07, 6.45) is 0. The lowest BCUT2D eigenvalue weighted by Gasteiger charge is -2.22. The van der Waals surface area contributed by atoms with Gasteiger partial charge in [-0.05, 0) is 70.8 Å². The van der Waals surface area contributed by atoms with Gasteiger partial charge in [-0.15, -0.1) is 0 Å². The molecule has 11 aromatic rings. The zero-order valence-electron chi connectivity index (χ0n) is 28.4. The molecule has 4 nitrogen and oxygen atoms in total. The molecular formula is C48H28N4S. The molecule has 0 fully saturated rings. The van der Waals surface area contributed by atoms with Gasteiger partial charge in [-0.25, -0.2) is 9.97 Å². The van der Waals surface area contributed by atoms with Gasteiger partial charge >= 0.3 is 0 Å². The largest absolute Gasteiger partial charge is 0.295 e. The molecule has 0 spiro atoms. The van der Waals surface area contributed by atoms with Crippen LogP contribution in [0.2, 0.25) is 0 Å². The van der Waals surface area contributed by atoms with E-state index in [-0.39, 0.29) is 0 Å². The van der Waals surface area contributed by atoms with E-state index in [1.165, 1.54) is 58.8 Å². The van der Waals surface area contributed by atoms with Gasteiger partial charge in [0.25, 0.3) is 0 Å². The van der Waals surface area contributed by atoms with E-state index in [0.29, 0.717) is 5.82 Å². The molecule has 246 valence electrons. The highest BCUT2D eigenvalue weighted by atomic mass is 32.2. The van der Waals surface area contributed by atoms with Crippen LogP contribution < -0.4 is 0 Å². The maximum Gasteiger partial charge on any atom is 0.160 e. The summed E-state index contributed by atoms with van der Waals surface area (Å²) in [7, 11) is 0. The topological polar surface area (TPSA) is 35.6 Å². The van der Waals surface area contributed by atoms with Crippen molar-refractivity contribution in [3.8, 4) is 34.0 Å². The molecule has 0 unspecified atom stereocenters. The van der Waals surface area contributed by atoms with Gasteiger partial charge in [-0.1, -0.05) is 127 Å². The van der Waals surface area contributed by atoms with Crippen LogP contribution in [0.1, 0.15) is 0 Å². The summed E-state index contributed by atoms with van der Waals surface area (Å²) in [6, 6.07) is 61.1. The summed E-state index contributed by atoms with van der Waals surface area (Å²) in [6.45, 7) is 0. The summed E-state index contributed by atoms with van der Waals surface area (Å²) in [5, 5.41) is 9.53. The molecule has 0 atom stereocenters. The van der Waals surface area contributed by atoms with Crippen LogP contribution in [-0.2, 0) is 0 Å². The number of aromatic nitrogens is 4. The number of rotatable bonds is 3. The van der Waals surface area contributed by atoms with Crippen molar-refractivity contribution in [3.05, 3.63) is 170 Å². The fraction of sp³-hybridized carbons (Fsp3) is 0. The van der Waals surface area contributed by atoms with E-state index >= 15 is 0 Å². The fourth-order valence-corrected chi connectivity index (χ4v) is 9.58. The molecule has 53 heavy (non-hydrogen) atoms. The number of hydrogen-bond donors (Lipinski definition) is 0. The first-order valence-corrected chi connectivity index (χ1v) is 18.7. The number of benzene rings is 8. The van der Waals surface area contributed by atoms with Gasteiger partial charge < -0.3 is 0 Å². The maximum absolute atomic E-state index is 5.41. The molecule has 0 amide bonds. The normalized spacial score (nSPS) is 12.5. The minimum atomic E-state index is 0.715. The third kappa shape index (κ3) is 4.14. The molecule has 0 bridgehead atoms. The Kier molecular flexibility index (Phi) is 5.96. The van der Waals surface area contributed by atoms with E-state index in [1.807, 2.05) is 11.8 Å². The lowest BCUT2D eigenvalue weighted by molar-refractivity contribution is 1.03. The second-order valence-electron chi connectivity index (χ2n) is 13.8. The van der Waals surface area contributed by atoms with Crippen LogP contribution in [0.5, 0.6) is 0 Å². The molecule has 3 aromatic heterocycles. The average Bonchev–Trinajstić information content (AvgIpc) is 3.74. The monoisotopic (exact) mass is 692 g/mol. The maximum atomic E-state index is 5.41. The van der Waals surface area contributed by atoms with E-state index in [2.05, 4.69) is 179 Å². The Morgan fingerprint density at radius 2 is 1.19 bits per heavy atom.